The highest BCUT2D eigenvalue weighted by molar-refractivity contribution is 5.78. The van der Waals surface area contributed by atoms with Gasteiger partial charge in [-0.25, -0.2) is 9.78 Å². The lowest BCUT2D eigenvalue weighted by atomic mass is 9.82. The van der Waals surface area contributed by atoms with E-state index < -0.39 is 11.4 Å². The summed E-state index contributed by atoms with van der Waals surface area (Å²) in [4.78, 5) is 30.4. The van der Waals surface area contributed by atoms with Gasteiger partial charge in [0.15, 0.2) is 0 Å². The summed E-state index contributed by atoms with van der Waals surface area (Å²) in [6, 6.07) is -0.603. The zero-order valence-corrected chi connectivity index (χ0v) is 12.8. The predicted octanol–water partition coefficient (Wildman–Crippen LogP) is 2.05. The molecule has 2 amide bonds. The Balaban J connectivity index is 2.59. The van der Waals surface area contributed by atoms with E-state index in [4.69, 9.17) is 0 Å². The van der Waals surface area contributed by atoms with Crippen molar-refractivity contribution in [3.05, 3.63) is 18.2 Å². The molecule has 1 atom stereocenters. The SMILES string of the molecule is CCC(NC(=O)NCC(CC)(CC)C(=O)O)c1ncc[nH]1. The topological polar surface area (TPSA) is 107 Å². The number of carboxylic acids is 1. The quantitative estimate of drug-likeness (QED) is 0.589. The zero-order chi connectivity index (χ0) is 15.9. The van der Waals surface area contributed by atoms with E-state index in [0.29, 0.717) is 25.1 Å². The molecule has 1 aromatic rings. The lowest BCUT2D eigenvalue weighted by Crippen LogP contribution is -2.46. The molecule has 0 aliphatic rings. The number of aromatic amines is 1. The minimum absolute atomic E-state index is 0.107. The fourth-order valence-electron chi connectivity index (χ4n) is 2.17. The largest absolute Gasteiger partial charge is 0.481 e. The van der Waals surface area contributed by atoms with Crippen LogP contribution < -0.4 is 10.6 Å². The molecule has 7 nitrogen and oxygen atoms in total. The molecule has 0 saturated heterocycles. The van der Waals surface area contributed by atoms with E-state index in [1.807, 2.05) is 20.8 Å². The number of aromatic nitrogens is 2. The number of aliphatic carboxylic acids is 1. The van der Waals surface area contributed by atoms with Crippen molar-refractivity contribution < 1.29 is 14.7 Å². The Morgan fingerprint density at radius 2 is 2.05 bits per heavy atom. The predicted molar refractivity (Wildman–Crippen MR) is 78.8 cm³/mol. The van der Waals surface area contributed by atoms with Gasteiger partial charge in [0, 0.05) is 18.9 Å². The van der Waals surface area contributed by atoms with Gasteiger partial charge in [0.25, 0.3) is 0 Å². The van der Waals surface area contributed by atoms with Gasteiger partial charge in [-0.2, -0.15) is 0 Å². The van der Waals surface area contributed by atoms with E-state index in [1.165, 1.54) is 0 Å². The molecule has 21 heavy (non-hydrogen) atoms. The van der Waals surface area contributed by atoms with E-state index in [2.05, 4.69) is 20.6 Å². The van der Waals surface area contributed by atoms with Crippen molar-refractivity contribution in [2.75, 3.05) is 6.54 Å². The molecule has 1 aromatic heterocycles. The van der Waals surface area contributed by atoms with Crippen LogP contribution in [0.1, 0.15) is 51.9 Å². The molecule has 118 valence electrons. The smallest absolute Gasteiger partial charge is 0.315 e. The number of rotatable bonds is 8. The number of carbonyl (C=O) groups is 2. The second-order valence-electron chi connectivity index (χ2n) is 5.05. The summed E-state index contributed by atoms with van der Waals surface area (Å²) in [5.41, 5.74) is -0.913. The molecular weight excluding hydrogens is 272 g/mol. The average Bonchev–Trinajstić information content (AvgIpc) is 3.00. The molecular formula is C14H24N4O3. The Labute approximate surface area is 124 Å². The van der Waals surface area contributed by atoms with E-state index in [9.17, 15) is 14.7 Å². The van der Waals surface area contributed by atoms with Crippen LogP contribution in [0.5, 0.6) is 0 Å². The third-order valence-electron chi connectivity index (χ3n) is 3.96. The first-order chi connectivity index (χ1) is 9.99. The number of urea groups is 1. The van der Waals surface area contributed by atoms with Crippen LogP contribution in [0.25, 0.3) is 0 Å². The van der Waals surface area contributed by atoms with Crippen LogP contribution in [0, 0.1) is 5.41 Å². The van der Waals surface area contributed by atoms with Crippen molar-refractivity contribution in [1.29, 1.82) is 0 Å². The maximum atomic E-state index is 12.0. The summed E-state index contributed by atoms with van der Waals surface area (Å²) in [6.07, 6.45) is 4.94. The molecule has 1 heterocycles. The first kappa shape index (κ1) is 17.0. The van der Waals surface area contributed by atoms with Crippen molar-refractivity contribution in [2.24, 2.45) is 5.41 Å². The van der Waals surface area contributed by atoms with Gasteiger partial charge >= 0.3 is 12.0 Å². The van der Waals surface area contributed by atoms with E-state index in [1.54, 1.807) is 12.4 Å². The summed E-state index contributed by atoms with van der Waals surface area (Å²) in [7, 11) is 0. The van der Waals surface area contributed by atoms with Crippen LogP contribution >= 0.6 is 0 Å². The summed E-state index contributed by atoms with van der Waals surface area (Å²) in [5, 5.41) is 14.8. The number of H-pyrrole nitrogens is 1. The van der Waals surface area contributed by atoms with Crippen LogP contribution in [0.2, 0.25) is 0 Å². The van der Waals surface area contributed by atoms with Crippen molar-refractivity contribution in [3.63, 3.8) is 0 Å². The molecule has 1 unspecified atom stereocenters. The molecule has 0 fully saturated rings. The zero-order valence-electron chi connectivity index (χ0n) is 12.8. The van der Waals surface area contributed by atoms with Crippen molar-refractivity contribution in [1.82, 2.24) is 20.6 Å². The standard InChI is InChI=1S/C14H24N4O3/c1-4-10(11-15-7-8-16-11)18-13(21)17-9-14(5-2,6-3)12(19)20/h7-8,10H,4-6,9H2,1-3H3,(H,15,16)(H,19,20)(H2,17,18,21). The first-order valence-corrected chi connectivity index (χ1v) is 7.26. The third-order valence-corrected chi connectivity index (χ3v) is 3.96. The average molecular weight is 296 g/mol. The number of hydrogen-bond acceptors (Lipinski definition) is 3. The molecule has 0 aliphatic carbocycles. The molecule has 0 bridgehead atoms. The second kappa shape index (κ2) is 7.66. The van der Waals surface area contributed by atoms with Gasteiger partial charge in [0.2, 0.25) is 0 Å². The van der Waals surface area contributed by atoms with Crippen LogP contribution in [0.4, 0.5) is 4.79 Å². The number of imidazole rings is 1. The number of hydrogen-bond donors (Lipinski definition) is 4. The molecule has 0 saturated carbocycles. The van der Waals surface area contributed by atoms with Gasteiger partial charge in [-0.3, -0.25) is 4.79 Å². The fraction of sp³-hybridized carbons (Fsp3) is 0.643. The molecule has 0 aliphatic heterocycles. The van der Waals surface area contributed by atoms with Crippen molar-refractivity contribution >= 4 is 12.0 Å². The Kier molecular flexibility index (Phi) is 6.20. The highest BCUT2D eigenvalue weighted by Gasteiger charge is 2.35. The lowest BCUT2D eigenvalue weighted by Gasteiger charge is -2.27. The summed E-state index contributed by atoms with van der Waals surface area (Å²) in [6.45, 7) is 5.67. The molecule has 0 spiro atoms. The van der Waals surface area contributed by atoms with E-state index in [-0.39, 0.29) is 18.6 Å². The van der Waals surface area contributed by atoms with E-state index in [0.717, 1.165) is 0 Å². The maximum Gasteiger partial charge on any atom is 0.315 e. The number of nitrogens with one attached hydrogen (secondary N) is 3. The van der Waals surface area contributed by atoms with Crippen LogP contribution in [0.15, 0.2) is 12.4 Å². The third kappa shape index (κ3) is 4.21. The van der Waals surface area contributed by atoms with Gasteiger partial charge in [-0.1, -0.05) is 20.8 Å². The van der Waals surface area contributed by atoms with Crippen molar-refractivity contribution in [2.45, 2.75) is 46.1 Å². The summed E-state index contributed by atoms with van der Waals surface area (Å²) in [5.74, 6) is -0.200. The van der Waals surface area contributed by atoms with Gasteiger partial charge < -0.3 is 20.7 Å². The second-order valence-corrected chi connectivity index (χ2v) is 5.05. The maximum absolute atomic E-state index is 12.0. The number of nitrogens with zero attached hydrogens (tertiary/aromatic N) is 1. The highest BCUT2D eigenvalue weighted by atomic mass is 16.4. The fourth-order valence-corrected chi connectivity index (χ4v) is 2.17. The summed E-state index contributed by atoms with van der Waals surface area (Å²) >= 11 is 0. The summed E-state index contributed by atoms with van der Waals surface area (Å²) < 4.78 is 0. The number of amides is 2. The minimum Gasteiger partial charge on any atom is -0.481 e. The number of carboxylic acid groups (broad SMARTS) is 1. The van der Waals surface area contributed by atoms with Crippen LogP contribution in [0.3, 0.4) is 0 Å². The highest BCUT2D eigenvalue weighted by Crippen LogP contribution is 2.25. The van der Waals surface area contributed by atoms with E-state index >= 15 is 0 Å². The van der Waals surface area contributed by atoms with Crippen molar-refractivity contribution in [3.8, 4) is 0 Å². The number of carbonyl (C=O) groups excluding carboxylic acids is 1. The molecule has 1 rings (SSSR count). The minimum atomic E-state index is -0.913. The lowest BCUT2D eigenvalue weighted by molar-refractivity contribution is -0.149. The van der Waals surface area contributed by atoms with Gasteiger partial charge in [0.1, 0.15) is 5.82 Å². The first-order valence-electron chi connectivity index (χ1n) is 7.26. The molecule has 0 radical (unpaired) electrons. The normalized spacial score (nSPS) is 12.7. The molecule has 0 aromatic carbocycles. The Hall–Kier alpha value is -2.05. The van der Waals surface area contributed by atoms with Gasteiger partial charge in [-0.15, -0.1) is 0 Å². The monoisotopic (exact) mass is 296 g/mol. The Morgan fingerprint density at radius 1 is 1.38 bits per heavy atom. The van der Waals surface area contributed by atoms with Gasteiger partial charge in [0.05, 0.1) is 11.5 Å². The van der Waals surface area contributed by atoms with Crippen LogP contribution in [-0.2, 0) is 4.79 Å². The van der Waals surface area contributed by atoms with Gasteiger partial charge in [-0.05, 0) is 19.3 Å². The van der Waals surface area contributed by atoms with Crippen LogP contribution in [-0.4, -0.2) is 33.6 Å². The molecule has 7 heteroatoms. The molecule has 4 N–H and O–H groups in total. The Morgan fingerprint density at radius 3 is 2.48 bits per heavy atom. The Bertz CT molecular complexity index is 455.